The molecule has 20 heavy (non-hydrogen) atoms. The molecule has 0 radical (unpaired) electrons. The monoisotopic (exact) mass is 293 g/mol. The highest BCUT2D eigenvalue weighted by Crippen LogP contribution is 2.31. The highest BCUT2D eigenvalue weighted by Gasteiger charge is 2.41. The topological polar surface area (TPSA) is 58.4 Å². The van der Waals surface area contributed by atoms with E-state index in [-0.39, 0.29) is 18.6 Å². The van der Waals surface area contributed by atoms with Crippen LogP contribution in [0.3, 0.4) is 0 Å². The maximum absolute atomic E-state index is 12.5. The molecule has 2 aliphatic rings. The van der Waals surface area contributed by atoms with Crippen molar-refractivity contribution in [2.45, 2.75) is 62.8 Å². The van der Waals surface area contributed by atoms with Gasteiger partial charge >= 0.3 is 6.18 Å². The van der Waals surface area contributed by atoms with Crippen LogP contribution in [0.15, 0.2) is 0 Å². The summed E-state index contributed by atoms with van der Waals surface area (Å²) < 4.78 is 37.6. The molecule has 1 unspecified atom stereocenters. The molecule has 0 bridgehead atoms. The van der Waals surface area contributed by atoms with Gasteiger partial charge in [0.25, 0.3) is 0 Å². The van der Waals surface area contributed by atoms with Crippen molar-refractivity contribution in [2.24, 2.45) is 5.73 Å². The molecule has 4 nitrogen and oxygen atoms in total. The maximum Gasteiger partial charge on any atom is 0.401 e. The minimum absolute atomic E-state index is 0.00896. The van der Waals surface area contributed by atoms with E-state index in [9.17, 15) is 18.0 Å². The number of carbonyl (C=O) groups is 1. The first-order valence-corrected chi connectivity index (χ1v) is 7.08. The Balaban J connectivity index is 1.90. The molecule has 1 amide bonds. The Labute approximate surface area is 116 Å². The zero-order chi connectivity index (χ0) is 15.0. The molecule has 0 saturated heterocycles. The van der Waals surface area contributed by atoms with Gasteiger partial charge in [0.1, 0.15) is 0 Å². The lowest BCUT2D eigenvalue weighted by molar-refractivity contribution is -0.147. The predicted molar refractivity (Wildman–Crippen MR) is 69.0 cm³/mol. The number of nitrogens with one attached hydrogen (secondary N) is 1. The van der Waals surface area contributed by atoms with Gasteiger partial charge in [0.15, 0.2) is 0 Å². The van der Waals surface area contributed by atoms with Crippen LogP contribution in [0.5, 0.6) is 0 Å². The zero-order valence-electron chi connectivity index (χ0n) is 11.7. The summed E-state index contributed by atoms with van der Waals surface area (Å²) >= 11 is 0. The summed E-state index contributed by atoms with van der Waals surface area (Å²) in [6.07, 6.45) is -0.282. The number of carbonyl (C=O) groups excluding carboxylic acids is 1. The van der Waals surface area contributed by atoms with Gasteiger partial charge in [0.05, 0.1) is 12.1 Å². The van der Waals surface area contributed by atoms with Crippen molar-refractivity contribution < 1.29 is 18.0 Å². The zero-order valence-corrected chi connectivity index (χ0v) is 11.7. The highest BCUT2D eigenvalue weighted by molar-refractivity contribution is 5.84. The van der Waals surface area contributed by atoms with Crippen LogP contribution < -0.4 is 11.1 Å². The summed E-state index contributed by atoms with van der Waals surface area (Å²) in [7, 11) is 0. The Morgan fingerprint density at radius 1 is 1.30 bits per heavy atom. The number of hydrogen-bond acceptors (Lipinski definition) is 3. The van der Waals surface area contributed by atoms with Gasteiger partial charge in [-0.15, -0.1) is 0 Å². The molecule has 0 aromatic rings. The van der Waals surface area contributed by atoms with Crippen LogP contribution in [0.2, 0.25) is 0 Å². The molecular formula is C13H22F3N3O. The fourth-order valence-corrected chi connectivity index (χ4v) is 2.37. The average molecular weight is 293 g/mol. The van der Waals surface area contributed by atoms with E-state index < -0.39 is 24.2 Å². The van der Waals surface area contributed by atoms with Crippen molar-refractivity contribution in [1.29, 1.82) is 0 Å². The summed E-state index contributed by atoms with van der Waals surface area (Å²) in [5.41, 5.74) is 4.49. The second kappa shape index (κ2) is 5.52. The molecule has 2 rings (SSSR count). The van der Waals surface area contributed by atoms with E-state index in [1.165, 1.54) is 4.90 Å². The third kappa shape index (κ3) is 4.63. The lowest BCUT2D eigenvalue weighted by Crippen LogP contribution is -2.55. The van der Waals surface area contributed by atoms with Crippen molar-refractivity contribution >= 4 is 5.91 Å². The number of nitrogens with zero attached hydrogens (tertiary/aromatic N) is 1. The molecule has 2 aliphatic carbocycles. The van der Waals surface area contributed by atoms with Gasteiger partial charge in [-0.25, -0.2) is 0 Å². The lowest BCUT2D eigenvalue weighted by Gasteiger charge is -2.31. The quantitative estimate of drug-likeness (QED) is 0.711. The third-order valence-corrected chi connectivity index (χ3v) is 3.99. The van der Waals surface area contributed by atoms with Gasteiger partial charge in [-0.1, -0.05) is 0 Å². The summed E-state index contributed by atoms with van der Waals surface area (Å²) in [6, 6.07) is 0.291. The number of alkyl halides is 3. The van der Waals surface area contributed by atoms with E-state index in [1.54, 1.807) is 6.92 Å². The summed E-state index contributed by atoms with van der Waals surface area (Å²) in [6.45, 7) is 1.02. The largest absolute Gasteiger partial charge is 0.401 e. The predicted octanol–water partition coefficient (Wildman–Crippen LogP) is 1.40. The molecule has 116 valence electrons. The minimum atomic E-state index is -4.20. The normalized spacial score (nSPS) is 22.9. The number of halogens is 3. The fraction of sp³-hybridized carbons (Fsp3) is 0.923. The second-order valence-electron chi connectivity index (χ2n) is 6.18. The SMILES string of the molecule is CC(CCN(CC(F)(F)F)C1CC1)(NC1CC1)C(N)=O. The molecule has 0 aromatic heterocycles. The van der Waals surface area contributed by atoms with E-state index in [2.05, 4.69) is 5.32 Å². The van der Waals surface area contributed by atoms with Crippen LogP contribution in [0, 0.1) is 0 Å². The van der Waals surface area contributed by atoms with Crippen molar-refractivity contribution in [3.8, 4) is 0 Å². The number of hydrogen-bond donors (Lipinski definition) is 2. The van der Waals surface area contributed by atoms with Crippen molar-refractivity contribution in [3.63, 3.8) is 0 Å². The summed E-state index contributed by atoms with van der Waals surface area (Å²) in [5, 5.41) is 3.16. The van der Waals surface area contributed by atoms with Gasteiger partial charge in [-0.05, 0) is 39.0 Å². The van der Waals surface area contributed by atoms with Gasteiger partial charge in [-0.2, -0.15) is 13.2 Å². The molecule has 0 aliphatic heterocycles. The van der Waals surface area contributed by atoms with Crippen LogP contribution in [-0.2, 0) is 4.79 Å². The van der Waals surface area contributed by atoms with Crippen LogP contribution >= 0.6 is 0 Å². The Hall–Kier alpha value is -0.820. The molecule has 7 heteroatoms. The smallest absolute Gasteiger partial charge is 0.368 e. The minimum Gasteiger partial charge on any atom is -0.368 e. The van der Waals surface area contributed by atoms with Gasteiger partial charge in [0.2, 0.25) is 5.91 Å². The third-order valence-electron chi connectivity index (χ3n) is 3.99. The summed E-state index contributed by atoms with van der Waals surface area (Å²) in [5.74, 6) is -0.493. The molecule has 1 atom stereocenters. The van der Waals surface area contributed by atoms with Crippen molar-refractivity contribution in [3.05, 3.63) is 0 Å². The molecule has 2 fully saturated rings. The van der Waals surface area contributed by atoms with Crippen LogP contribution in [0.25, 0.3) is 0 Å². The average Bonchev–Trinajstić information content (AvgIpc) is 3.14. The van der Waals surface area contributed by atoms with Gasteiger partial charge < -0.3 is 11.1 Å². The first kappa shape index (κ1) is 15.6. The van der Waals surface area contributed by atoms with E-state index in [4.69, 9.17) is 5.73 Å². The number of rotatable bonds is 8. The van der Waals surface area contributed by atoms with Crippen LogP contribution in [-0.4, -0.2) is 47.7 Å². The fourth-order valence-electron chi connectivity index (χ4n) is 2.37. The Morgan fingerprint density at radius 2 is 1.90 bits per heavy atom. The Morgan fingerprint density at radius 3 is 2.30 bits per heavy atom. The molecule has 0 aromatic carbocycles. The number of primary amides is 1. The number of amides is 1. The molecule has 0 spiro atoms. The highest BCUT2D eigenvalue weighted by atomic mass is 19.4. The van der Waals surface area contributed by atoms with Gasteiger partial charge in [-0.3, -0.25) is 9.69 Å². The standard InChI is InChI=1S/C13H22F3N3O/c1-12(11(17)20,18-9-2-3-9)6-7-19(10-4-5-10)8-13(14,15)16/h9-10,18H,2-8H2,1H3,(H2,17,20). The van der Waals surface area contributed by atoms with E-state index in [0.717, 1.165) is 25.7 Å². The first-order valence-electron chi connectivity index (χ1n) is 7.08. The van der Waals surface area contributed by atoms with E-state index in [0.29, 0.717) is 6.42 Å². The lowest BCUT2D eigenvalue weighted by atomic mass is 9.96. The Bertz CT molecular complexity index is 366. The maximum atomic E-state index is 12.5. The first-order chi connectivity index (χ1) is 9.20. The van der Waals surface area contributed by atoms with Crippen molar-refractivity contribution in [2.75, 3.05) is 13.1 Å². The van der Waals surface area contributed by atoms with Crippen molar-refractivity contribution in [1.82, 2.24) is 10.2 Å². The molecule has 0 heterocycles. The molecular weight excluding hydrogens is 271 g/mol. The van der Waals surface area contributed by atoms with Gasteiger partial charge in [0, 0.05) is 18.6 Å². The number of nitrogens with two attached hydrogens (primary N) is 1. The second-order valence-corrected chi connectivity index (χ2v) is 6.18. The van der Waals surface area contributed by atoms with Crippen LogP contribution in [0.1, 0.15) is 39.0 Å². The van der Waals surface area contributed by atoms with E-state index >= 15 is 0 Å². The van der Waals surface area contributed by atoms with E-state index in [1.807, 2.05) is 0 Å². The molecule has 2 saturated carbocycles. The summed E-state index contributed by atoms with van der Waals surface area (Å²) in [4.78, 5) is 13.0. The molecule has 3 N–H and O–H groups in total. The Kier molecular flexibility index (Phi) is 4.30. The van der Waals surface area contributed by atoms with Crippen LogP contribution in [0.4, 0.5) is 13.2 Å².